The van der Waals surface area contributed by atoms with E-state index in [2.05, 4.69) is 60.9 Å². The Bertz CT molecular complexity index is 392. The van der Waals surface area contributed by atoms with Crippen LogP contribution >= 0.6 is 11.8 Å². The second kappa shape index (κ2) is 6.48. The third kappa shape index (κ3) is 3.42. The molecule has 0 bridgehead atoms. The summed E-state index contributed by atoms with van der Waals surface area (Å²) in [5, 5.41) is 4.19. The van der Waals surface area contributed by atoms with Crippen molar-refractivity contribution in [3.63, 3.8) is 0 Å². The molecule has 18 heavy (non-hydrogen) atoms. The highest BCUT2D eigenvalue weighted by Gasteiger charge is 2.18. The highest BCUT2D eigenvalue weighted by Crippen LogP contribution is 2.27. The first-order chi connectivity index (χ1) is 8.70. The van der Waals surface area contributed by atoms with Crippen molar-refractivity contribution >= 4 is 17.4 Å². The van der Waals surface area contributed by atoms with Crippen LogP contribution in [0.15, 0.2) is 18.2 Å². The molecule has 1 N–H and O–H groups in total. The van der Waals surface area contributed by atoms with E-state index in [-0.39, 0.29) is 0 Å². The van der Waals surface area contributed by atoms with Gasteiger partial charge >= 0.3 is 0 Å². The number of nitrogens with one attached hydrogen (secondary N) is 1. The Morgan fingerprint density at radius 1 is 1.44 bits per heavy atom. The number of anilines is 1. The fourth-order valence-corrected chi connectivity index (χ4v) is 3.47. The Balaban J connectivity index is 2.19. The number of rotatable bonds is 4. The lowest BCUT2D eigenvalue weighted by atomic mass is 10.1. The molecule has 0 spiro atoms. The molecule has 3 heteroatoms. The zero-order chi connectivity index (χ0) is 13.0. The van der Waals surface area contributed by atoms with Crippen molar-refractivity contribution in [2.75, 3.05) is 30.3 Å². The molecule has 1 saturated heterocycles. The van der Waals surface area contributed by atoms with E-state index < -0.39 is 0 Å². The van der Waals surface area contributed by atoms with Gasteiger partial charge in [0.05, 0.1) is 0 Å². The second-order valence-electron chi connectivity index (χ2n) is 5.04. The number of thioether (sulfide) groups is 1. The Labute approximate surface area is 115 Å². The van der Waals surface area contributed by atoms with E-state index in [1.54, 1.807) is 0 Å². The van der Waals surface area contributed by atoms with Crippen LogP contribution in [-0.4, -0.2) is 30.6 Å². The number of hydrogen-bond donors (Lipinski definition) is 1. The summed E-state index contributed by atoms with van der Waals surface area (Å²) < 4.78 is 0. The molecule has 1 heterocycles. The van der Waals surface area contributed by atoms with Crippen molar-refractivity contribution in [3.05, 3.63) is 29.3 Å². The van der Waals surface area contributed by atoms with Crippen LogP contribution in [0.1, 0.15) is 25.0 Å². The molecule has 2 nitrogen and oxygen atoms in total. The topological polar surface area (TPSA) is 15.3 Å². The third-order valence-electron chi connectivity index (χ3n) is 3.38. The zero-order valence-electron chi connectivity index (χ0n) is 11.7. The van der Waals surface area contributed by atoms with E-state index in [1.165, 1.54) is 35.7 Å². The van der Waals surface area contributed by atoms with E-state index in [4.69, 9.17) is 0 Å². The van der Waals surface area contributed by atoms with Crippen molar-refractivity contribution < 1.29 is 0 Å². The Morgan fingerprint density at radius 3 is 3.00 bits per heavy atom. The first-order valence-corrected chi connectivity index (χ1v) is 7.92. The molecular weight excluding hydrogens is 240 g/mol. The minimum absolute atomic E-state index is 0.743. The van der Waals surface area contributed by atoms with E-state index in [0.717, 1.165) is 18.3 Å². The van der Waals surface area contributed by atoms with Gasteiger partial charge in [0.15, 0.2) is 0 Å². The standard InChI is InChI=1S/C15H24N2S/c1-4-16-10-14-9-12(2)5-6-15(14)17-7-8-18-13(3)11-17/h5-6,9,13,16H,4,7-8,10-11H2,1-3H3. The molecule has 1 atom stereocenters. The van der Waals surface area contributed by atoms with E-state index in [1.807, 2.05) is 0 Å². The quantitative estimate of drug-likeness (QED) is 0.900. The molecule has 0 aromatic heterocycles. The maximum Gasteiger partial charge on any atom is 0.0412 e. The predicted octanol–water partition coefficient (Wildman–Crippen LogP) is 3.05. The maximum absolute atomic E-state index is 3.45. The van der Waals surface area contributed by atoms with E-state index >= 15 is 0 Å². The average molecular weight is 264 g/mol. The van der Waals surface area contributed by atoms with Gasteiger partial charge in [-0.2, -0.15) is 11.8 Å². The summed E-state index contributed by atoms with van der Waals surface area (Å²) in [6.45, 7) is 11.0. The summed E-state index contributed by atoms with van der Waals surface area (Å²) >= 11 is 2.09. The Hall–Kier alpha value is -0.670. The largest absolute Gasteiger partial charge is 0.369 e. The molecule has 0 radical (unpaired) electrons. The van der Waals surface area contributed by atoms with Gasteiger partial charge in [0, 0.05) is 36.3 Å². The average Bonchev–Trinajstić information content (AvgIpc) is 2.36. The zero-order valence-corrected chi connectivity index (χ0v) is 12.5. The van der Waals surface area contributed by atoms with Crippen LogP contribution in [0, 0.1) is 6.92 Å². The number of benzene rings is 1. The van der Waals surface area contributed by atoms with Gasteiger partial charge in [0.1, 0.15) is 0 Å². The van der Waals surface area contributed by atoms with E-state index in [0.29, 0.717) is 0 Å². The summed E-state index contributed by atoms with van der Waals surface area (Å²) in [6, 6.07) is 6.85. The molecule has 0 saturated carbocycles. The molecule has 1 aromatic carbocycles. The number of hydrogen-bond acceptors (Lipinski definition) is 3. The van der Waals surface area contributed by atoms with Crippen LogP contribution in [0.2, 0.25) is 0 Å². The molecule has 1 unspecified atom stereocenters. The lowest BCUT2D eigenvalue weighted by Crippen LogP contribution is -2.37. The van der Waals surface area contributed by atoms with Gasteiger partial charge < -0.3 is 10.2 Å². The Morgan fingerprint density at radius 2 is 2.28 bits per heavy atom. The Kier molecular flexibility index (Phi) is 4.95. The molecule has 1 aromatic rings. The first-order valence-electron chi connectivity index (χ1n) is 6.87. The SMILES string of the molecule is CCNCc1cc(C)ccc1N1CCSC(C)C1. The predicted molar refractivity (Wildman–Crippen MR) is 82.7 cm³/mol. The normalized spacial score (nSPS) is 20.2. The van der Waals surface area contributed by atoms with Gasteiger partial charge in [-0.15, -0.1) is 0 Å². The van der Waals surface area contributed by atoms with Gasteiger partial charge in [-0.25, -0.2) is 0 Å². The van der Waals surface area contributed by atoms with Crippen LogP contribution in [0.5, 0.6) is 0 Å². The monoisotopic (exact) mass is 264 g/mol. The van der Waals surface area contributed by atoms with Crippen molar-refractivity contribution in [1.82, 2.24) is 5.32 Å². The highest BCUT2D eigenvalue weighted by atomic mass is 32.2. The van der Waals surface area contributed by atoms with Crippen molar-refractivity contribution in [1.29, 1.82) is 0 Å². The summed E-state index contributed by atoms with van der Waals surface area (Å²) in [7, 11) is 0. The molecule has 0 aliphatic carbocycles. The lowest BCUT2D eigenvalue weighted by molar-refractivity contribution is 0.715. The fourth-order valence-electron chi connectivity index (χ4n) is 2.46. The summed E-state index contributed by atoms with van der Waals surface area (Å²) in [4.78, 5) is 2.55. The smallest absolute Gasteiger partial charge is 0.0412 e. The molecule has 0 amide bonds. The van der Waals surface area contributed by atoms with Crippen molar-refractivity contribution in [3.8, 4) is 0 Å². The molecule has 1 aliphatic heterocycles. The third-order valence-corrected chi connectivity index (χ3v) is 4.52. The molecule has 100 valence electrons. The van der Waals surface area contributed by atoms with Crippen molar-refractivity contribution in [2.24, 2.45) is 0 Å². The van der Waals surface area contributed by atoms with Crippen LogP contribution in [0.4, 0.5) is 5.69 Å². The minimum atomic E-state index is 0.743. The first kappa shape index (κ1) is 13.8. The highest BCUT2D eigenvalue weighted by molar-refractivity contribution is 8.00. The maximum atomic E-state index is 3.45. The van der Waals surface area contributed by atoms with Gasteiger partial charge in [0.2, 0.25) is 0 Å². The van der Waals surface area contributed by atoms with Gasteiger partial charge in [-0.1, -0.05) is 31.5 Å². The van der Waals surface area contributed by atoms with Crippen LogP contribution in [-0.2, 0) is 6.54 Å². The second-order valence-corrected chi connectivity index (χ2v) is 6.59. The van der Waals surface area contributed by atoms with Gasteiger partial charge in [-0.05, 0) is 25.1 Å². The van der Waals surface area contributed by atoms with Crippen LogP contribution < -0.4 is 10.2 Å². The summed E-state index contributed by atoms with van der Waals surface area (Å²) in [5.74, 6) is 1.25. The summed E-state index contributed by atoms with van der Waals surface area (Å²) in [5.41, 5.74) is 4.22. The fraction of sp³-hybridized carbons (Fsp3) is 0.600. The number of aryl methyl sites for hydroxylation is 1. The van der Waals surface area contributed by atoms with Crippen LogP contribution in [0.3, 0.4) is 0 Å². The molecule has 1 fully saturated rings. The van der Waals surface area contributed by atoms with E-state index in [9.17, 15) is 0 Å². The van der Waals surface area contributed by atoms with Crippen LogP contribution in [0.25, 0.3) is 0 Å². The molecule has 1 aliphatic rings. The lowest BCUT2D eigenvalue weighted by Gasteiger charge is -2.34. The van der Waals surface area contributed by atoms with Gasteiger partial charge in [-0.3, -0.25) is 0 Å². The van der Waals surface area contributed by atoms with Gasteiger partial charge in [0.25, 0.3) is 0 Å². The molecular formula is C15H24N2S. The summed E-state index contributed by atoms with van der Waals surface area (Å²) in [6.07, 6.45) is 0. The molecule has 2 rings (SSSR count). The minimum Gasteiger partial charge on any atom is -0.369 e. The number of nitrogens with zero attached hydrogens (tertiary/aromatic N) is 1. The van der Waals surface area contributed by atoms with Crippen molar-refractivity contribution in [2.45, 2.75) is 32.6 Å².